The molecule has 1 saturated carbocycles. The Bertz CT molecular complexity index is 1270. The van der Waals surface area contributed by atoms with Crippen molar-refractivity contribution in [3.63, 3.8) is 0 Å². The molecule has 1 aliphatic heterocycles. The first-order valence-corrected chi connectivity index (χ1v) is 19.2. The van der Waals surface area contributed by atoms with Gasteiger partial charge in [-0.1, -0.05) is 19.6 Å². The van der Waals surface area contributed by atoms with Crippen LogP contribution in [0.25, 0.3) is 11.0 Å². The molecule has 43 heavy (non-hydrogen) atoms. The number of anilines is 1. The van der Waals surface area contributed by atoms with Gasteiger partial charge in [0.2, 0.25) is 0 Å². The molecule has 1 fully saturated rings. The van der Waals surface area contributed by atoms with Crippen molar-refractivity contribution in [3.8, 4) is 0 Å². The summed E-state index contributed by atoms with van der Waals surface area (Å²) >= 11 is 0. The maximum Gasteiger partial charge on any atom is 0.410 e. The summed E-state index contributed by atoms with van der Waals surface area (Å²) in [6.07, 6.45) is 3.60. The lowest BCUT2D eigenvalue weighted by molar-refractivity contribution is 0.00498. The number of halogens is 2. The minimum Gasteiger partial charge on any atom is -0.444 e. The van der Waals surface area contributed by atoms with Gasteiger partial charge in [0.25, 0.3) is 12.3 Å². The Balaban J connectivity index is 1.50. The fourth-order valence-corrected chi connectivity index (χ4v) is 6.69. The largest absolute Gasteiger partial charge is 0.444 e. The van der Waals surface area contributed by atoms with E-state index in [9.17, 15) is 18.4 Å². The van der Waals surface area contributed by atoms with E-state index in [4.69, 9.17) is 14.5 Å². The molecule has 2 aromatic rings. The Labute approximate surface area is 255 Å². The van der Waals surface area contributed by atoms with E-state index < -0.39 is 32.7 Å². The minimum absolute atomic E-state index is 0.0176. The Kier molecular flexibility index (Phi) is 10.4. The monoisotopic (exact) mass is 621 g/mol. The molecule has 9 nitrogen and oxygen atoms in total. The lowest BCUT2D eigenvalue weighted by Crippen LogP contribution is -2.52. The van der Waals surface area contributed by atoms with Crippen LogP contribution in [0, 0.1) is 5.92 Å². The van der Waals surface area contributed by atoms with Gasteiger partial charge in [-0.15, -0.1) is 0 Å². The van der Waals surface area contributed by atoms with Gasteiger partial charge in [-0.25, -0.2) is 18.6 Å². The Morgan fingerprint density at radius 1 is 1.19 bits per heavy atom. The standard InChI is InChI=1S/C31H49F2N5O4Si/c1-8-35-20-38(23-11-9-22(10-12-23)18-37(19-26(32)33)30(40)42-31(2,3)4)27-24-13-14-36(21-41-15-16-43(5,6)7)28(24)34-17-25(27)29(35)39/h13-14,17,22-23,26H,8-12,15-16,18-21H2,1-7H3. The molecule has 0 atom stereocenters. The van der Waals surface area contributed by atoms with Gasteiger partial charge in [-0.3, -0.25) is 4.79 Å². The summed E-state index contributed by atoms with van der Waals surface area (Å²) in [6, 6.07) is 3.29. The van der Waals surface area contributed by atoms with Gasteiger partial charge in [0.1, 0.15) is 18.0 Å². The molecule has 2 aromatic heterocycles. The van der Waals surface area contributed by atoms with Crippen LogP contribution in [-0.2, 0) is 16.2 Å². The second-order valence-corrected chi connectivity index (χ2v) is 19.7. The summed E-state index contributed by atoms with van der Waals surface area (Å²) in [5, 5.41) is 0.936. The molecular formula is C31H49F2N5O4Si. The molecule has 0 saturated heterocycles. The predicted molar refractivity (Wildman–Crippen MR) is 167 cm³/mol. The van der Waals surface area contributed by atoms with Gasteiger partial charge >= 0.3 is 6.09 Å². The molecule has 0 radical (unpaired) electrons. The van der Waals surface area contributed by atoms with Gasteiger partial charge in [0.15, 0.2) is 0 Å². The van der Waals surface area contributed by atoms with E-state index in [1.54, 1.807) is 27.0 Å². The topological polar surface area (TPSA) is 80.1 Å². The van der Waals surface area contributed by atoms with Crippen molar-refractivity contribution in [2.24, 2.45) is 5.92 Å². The molecular weight excluding hydrogens is 572 g/mol. The Morgan fingerprint density at radius 2 is 1.88 bits per heavy atom. The van der Waals surface area contributed by atoms with E-state index in [0.29, 0.717) is 32.1 Å². The molecule has 240 valence electrons. The highest BCUT2D eigenvalue weighted by Crippen LogP contribution is 2.39. The second kappa shape index (κ2) is 13.5. The predicted octanol–water partition coefficient (Wildman–Crippen LogP) is 6.65. The SMILES string of the molecule is CCN1CN(C2CCC(CN(CC(F)F)C(=O)OC(C)(C)C)CC2)c2c(cnc3c2ccn3COCC[Si](C)(C)C)C1=O. The van der Waals surface area contributed by atoms with E-state index in [1.165, 1.54) is 0 Å². The van der Waals surface area contributed by atoms with Gasteiger partial charge in [0, 0.05) is 51.6 Å². The lowest BCUT2D eigenvalue weighted by atomic mass is 9.84. The molecule has 4 rings (SSSR count). The molecule has 3 heterocycles. The number of rotatable bonds is 11. The smallest absolute Gasteiger partial charge is 0.410 e. The molecule has 0 unspecified atom stereocenters. The lowest BCUT2D eigenvalue weighted by Gasteiger charge is -2.45. The van der Waals surface area contributed by atoms with Crippen LogP contribution in [0.15, 0.2) is 18.5 Å². The average molecular weight is 622 g/mol. The number of hydrogen-bond donors (Lipinski definition) is 0. The number of pyridine rings is 1. The van der Waals surface area contributed by atoms with E-state index in [-0.39, 0.29) is 24.4 Å². The van der Waals surface area contributed by atoms with Crippen molar-refractivity contribution in [3.05, 3.63) is 24.0 Å². The number of fused-ring (bicyclic) bond motifs is 3. The fraction of sp³-hybridized carbons (Fsp3) is 0.710. The first-order chi connectivity index (χ1) is 20.2. The number of hydrogen-bond acceptors (Lipinski definition) is 6. The average Bonchev–Trinajstić information content (AvgIpc) is 3.33. The summed E-state index contributed by atoms with van der Waals surface area (Å²) in [4.78, 5) is 36.1. The van der Waals surface area contributed by atoms with Crippen LogP contribution in [0.2, 0.25) is 25.7 Å². The van der Waals surface area contributed by atoms with Crippen LogP contribution in [0.1, 0.15) is 63.7 Å². The fourth-order valence-electron chi connectivity index (χ4n) is 5.93. The van der Waals surface area contributed by atoms with Crippen LogP contribution in [0.3, 0.4) is 0 Å². The number of amides is 2. The van der Waals surface area contributed by atoms with E-state index >= 15 is 0 Å². The summed E-state index contributed by atoms with van der Waals surface area (Å²) in [6.45, 7) is 16.0. The number of aromatic nitrogens is 2. The van der Waals surface area contributed by atoms with Crippen LogP contribution < -0.4 is 4.90 Å². The Morgan fingerprint density at radius 3 is 2.49 bits per heavy atom. The third-order valence-corrected chi connectivity index (χ3v) is 9.95. The van der Waals surface area contributed by atoms with Crippen molar-refractivity contribution in [1.82, 2.24) is 19.4 Å². The second-order valence-electron chi connectivity index (χ2n) is 14.1. The van der Waals surface area contributed by atoms with Gasteiger partial charge < -0.3 is 28.7 Å². The van der Waals surface area contributed by atoms with Crippen LogP contribution in [0.4, 0.5) is 19.3 Å². The molecule has 0 spiro atoms. The first kappa shape index (κ1) is 33.2. The zero-order chi connectivity index (χ0) is 31.5. The number of alkyl halides is 2. The van der Waals surface area contributed by atoms with Crippen molar-refractivity contribution in [1.29, 1.82) is 0 Å². The quantitative estimate of drug-likeness (QED) is 0.207. The minimum atomic E-state index is -2.62. The van der Waals surface area contributed by atoms with Crippen molar-refractivity contribution in [2.45, 2.75) is 104 Å². The normalized spacial score (nSPS) is 19.7. The third kappa shape index (κ3) is 8.46. The first-order valence-electron chi connectivity index (χ1n) is 15.5. The Hall–Kier alpha value is -2.73. The number of ether oxygens (including phenoxy) is 2. The molecule has 2 amide bonds. The van der Waals surface area contributed by atoms with E-state index in [1.807, 2.05) is 28.7 Å². The summed E-state index contributed by atoms with van der Waals surface area (Å²) < 4.78 is 40.1. The van der Waals surface area contributed by atoms with Gasteiger partial charge in [-0.2, -0.15) is 0 Å². The van der Waals surface area contributed by atoms with Crippen LogP contribution >= 0.6 is 0 Å². The molecule has 0 aromatic carbocycles. The number of nitrogens with zero attached hydrogens (tertiary/aromatic N) is 5. The third-order valence-electron chi connectivity index (χ3n) is 8.24. The molecule has 1 aliphatic carbocycles. The molecule has 12 heteroatoms. The summed E-state index contributed by atoms with van der Waals surface area (Å²) in [5.74, 6) is 0.0820. The molecule has 0 bridgehead atoms. The van der Waals surface area contributed by atoms with Crippen LogP contribution in [-0.4, -0.2) is 90.4 Å². The zero-order valence-electron chi connectivity index (χ0n) is 26.9. The maximum atomic E-state index is 13.4. The highest BCUT2D eigenvalue weighted by Gasteiger charge is 2.37. The molecule has 0 N–H and O–H groups in total. The highest BCUT2D eigenvalue weighted by molar-refractivity contribution is 6.76. The van der Waals surface area contributed by atoms with Gasteiger partial charge in [0.05, 0.1) is 24.5 Å². The number of carbonyl (C=O) groups excluding carboxylic acids is 2. The van der Waals surface area contributed by atoms with E-state index in [2.05, 4.69) is 24.5 Å². The molecule has 2 aliphatic rings. The van der Waals surface area contributed by atoms with Crippen LogP contribution in [0.5, 0.6) is 0 Å². The number of carbonyl (C=O) groups is 2. The van der Waals surface area contributed by atoms with Crippen molar-refractivity contribution in [2.75, 3.05) is 37.8 Å². The summed E-state index contributed by atoms with van der Waals surface area (Å²) in [5.41, 5.74) is 1.56. The highest BCUT2D eigenvalue weighted by atomic mass is 28.3. The van der Waals surface area contributed by atoms with Crippen molar-refractivity contribution >= 4 is 36.8 Å². The van der Waals surface area contributed by atoms with Crippen molar-refractivity contribution < 1.29 is 27.8 Å². The van der Waals surface area contributed by atoms with Gasteiger partial charge in [-0.05, 0) is 71.4 Å². The summed E-state index contributed by atoms with van der Waals surface area (Å²) in [7, 11) is -1.19. The zero-order valence-corrected chi connectivity index (χ0v) is 27.9. The van der Waals surface area contributed by atoms with E-state index in [0.717, 1.165) is 53.3 Å². The maximum absolute atomic E-state index is 13.4.